The van der Waals surface area contributed by atoms with Crippen molar-refractivity contribution in [1.82, 2.24) is 35.3 Å². The normalized spacial score (nSPS) is 12.1. The molecule has 0 atom stereocenters. The van der Waals surface area contributed by atoms with Gasteiger partial charge in [0.25, 0.3) is 56.5 Å². The quantitative estimate of drug-likeness (QED) is 0.0125. The number of amides is 1. The van der Waals surface area contributed by atoms with Gasteiger partial charge in [-0.15, -0.1) is 10.2 Å². The summed E-state index contributed by atoms with van der Waals surface area (Å²) in [6, 6.07) is 10.7. The molecule has 0 unspecified atom stereocenters. The van der Waals surface area contributed by atoms with Crippen LogP contribution in [-0.2, 0) is 76.5 Å². The zero-order chi connectivity index (χ0) is 73.9. The number of ether oxygens (including phenoxy) is 8. The number of carbonyl (C=O) groups is 3. The molecule has 38 heteroatoms. The lowest BCUT2D eigenvalue weighted by Gasteiger charge is -2.18. The lowest BCUT2D eigenvalue weighted by Crippen LogP contribution is -2.25. The highest BCUT2D eigenvalue weighted by molar-refractivity contribution is 7.86. The molecule has 0 aliphatic carbocycles. The van der Waals surface area contributed by atoms with E-state index in [2.05, 4.69) is 25.9 Å². The van der Waals surface area contributed by atoms with Gasteiger partial charge in [-0.1, -0.05) is 37.1 Å². The van der Waals surface area contributed by atoms with Crippen LogP contribution in [0.4, 0.5) is 0 Å². The fourth-order valence-electron chi connectivity index (χ4n) is 9.54. The third-order valence-corrected chi connectivity index (χ3v) is 18.6. The number of ketones is 2. The first-order valence-electron chi connectivity index (χ1n) is 33.3. The number of Topliss-reactive ketones (excluding diaryl/α,β-unsaturated/α-hetero) is 2. The van der Waals surface area contributed by atoms with Crippen LogP contribution in [0.1, 0.15) is 172 Å². The van der Waals surface area contributed by atoms with Crippen molar-refractivity contribution in [3.63, 3.8) is 0 Å². The molecule has 3 aromatic carbocycles. The fourth-order valence-corrected chi connectivity index (χ4v) is 12.0. The molecule has 101 heavy (non-hydrogen) atoms. The topological polar surface area (TPSA) is 470 Å². The van der Waals surface area contributed by atoms with E-state index in [0.29, 0.717) is 108 Å². The van der Waals surface area contributed by atoms with Crippen LogP contribution in [0.5, 0.6) is 46.0 Å². The highest BCUT2D eigenvalue weighted by Gasteiger charge is 2.23. The summed E-state index contributed by atoms with van der Waals surface area (Å²) in [6.07, 6.45) is 11.9. The molecule has 2 heterocycles. The number of nitrogens with one attached hydrogen (secondary N) is 1. The van der Waals surface area contributed by atoms with E-state index >= 15 is 0 Å². The average molecular weight is 1520 g/mol. The second-order valence-corrected chi connectivity index (χ2v) is 31.4. The van der Waals surface area contributed by atoms with Gasteiger partial charge in [0.15, 0.2) is 34.6 Å². The maximum Gasteiger partial charge on any atom is 0.264 e. The Hall–Kier alpha value is -7.30. The molecule has 6 N–H and O–H groups in total. The van der Waals surface area contributed by atoms with Crippen molar-refractivity contribution in [2.24, 2.45) is 0 Å². The Balaban J connectivity index is 1.07. The molecule has 5 aromatic rings. The van der Waals surface area contributed by atoms with E-state index in [1.807, 2.05) is 20.0 Å². The summed E-state index contributed by atoms with van der Waals surface area (Å²) in [7, 11) is -21.6. The van der Waals surface area contributed by atoms with Crippen LogP contribution < -0.4 is 43.2 Å². The van der Waals surface area contributed by atoms with Gasteiger partial charge in [0.1, 0.15) is 11.5 Å². The van der Waals surface area contributed by atoms with Gasteiger partial charge in [-0.2, -0.15) is 42.1 Å². The maximum absolute atomic E-state index is 13.6. The third kappa shape index (κ3) is 35.9. The Morgan fingerprint density at radius 3 is 1.13 bits per heavy atom. The van der Waals surface area contributed by atoms with E-state index in [-0.39, 0.29) is 142 Å². The van der Waals surface area contributed by atoms with Crippen molar-refractivity contribution in [3.05, 3.63) is 82.9 Å². The van der Waals surface area contributed by atoms with Gasteiger partial charge >= 0.3 is 0 Å². The first-order chi connectivity index (χ1) is 47.9. The van der Waals surface area contributed by atoms with E-state index < -0.39 is 85.3 Å². The minimum absolute atomic E-state index is 0.0218. The smallest absolute Gasteiger partial charge is 0.264 e. The summed E-state index contributed by atoms with van der Waals surface area (Å²) < 4.78 is 210. The molecule has 0 saturated heterocycles. The third-order valence-electron chi connectivity index (χ3n) is 14.6. The number of aryl methyl sites for hydroxylation is 4. The number of carbonyl (C=O) groups excluding carboxylic acids is 3. The van der Waals surface area contributed by atoms with Crippen LogP contribution in [0.15, 0.2) is 54.9 Å². The van der Waals surface area contributed by atoms with Gasteiger partial charge in [-0.25, -0.2) is 0 Å². The van der Waals surface area contributed by atoms with E-state index in [1.165, 1.54) is 24.3 Å². The molecule has 1 amide bonds. The van der Waals surface area contributed by atoms with Crippen molar-refractivity contribution >= 4 is 68.1 Å². The summed E-state index contributed by atoms with van der Waals surface area (Å²) in [5.41, 5.74) is 2.22. The van der Waals surface area contributed by atoms with E-state index in [9.17, 15) is 79.2 Å². The molecule has 0 bridgehead atoms. The van der Waals surface area contributed by atoms with E-state index in [4.69, 9.17) is 37.9 Å². The van der Waals surface area contributed by atoms with Crippen LogP contribution >= 0.6 is 0 Å². The molecular weight excluding hydrogens is 1430 g/mol. The summed E-state index contributed by atoms with van der Waals surface area (Å²) in [6.45, 7) is 4.73. The van der Waals surface area contributed by atoms with Crippen LogP contribution in [0.25, 0.3) is 0 Å². The molecule has 566 valence electrons. The summed E-state index contributed by atoms with van der Waals surface area (Å²) >= 11 is 0. The molecule has 0 fully saturated rings. The number of hydrogen-bond donors (Lipinski definition) is 6. The lowest BCUT2D eigenvalue weighted by molar-refractivity contribution is 0.0948. The fraction of sp³-hybridized carbons (Fsp3) is 0.603. The molecular formula is C63H93N7O26S5. The largest absolute Gasteiger partial charge is 0.493 e. The summed E-state index contributed by atoms with van der Waals surface area (Å²) in [4.78, 5) is 40.3. The monoisotopic (exact) mass is 1520 g/mol. The molecule has 2 aromatic heterocycles. The van der Waals surface area contributed by atoms with Gasteiger partial charge in [0.2, 0.25) is 11.5 Å². The van der Waals surface area contributed by atoms with Gasteiger partial charge in [0, 0.05) is 67.6 Å². The minimum atomic E-state index is -4.35. The summed E-state index contributed by atoms with van der Waals surface area (Å²) in [5, 5.41) is 19.8. The van der Waals surface area contributed by atoms with Crippen molar-refractivity contribution in [1.29, 1.82) is 0 Å². The Morgan fingerprint density at radius 1 is 0.386 bits per heavy atom. The van der Waals surface area contributed by atoms with Gasteiger partial charge in [-0.05, 0) is 139 Å². The Kier molecular flexibility index (Phi) is 35.9. The Labute approximate surface area is 589 Å². The standard InChI is InChI=1S/C63H93N7O26S5/c1-3-5-21-55(71)48-39-53(89-27-11-8-19-51-46-69(67-65-51)24-10-7-22-56(72)49-41-57(91-26-6-4-2)61(95-32-17-37-100(83,84)85)58(42-49)92-29-14-34-97(74,75)76)45-54(40-48)90-28-12-9-20-52-47-70(68-66-52)25-13-23-64-63(73)50-43-59(93-30-15-35-98(77,78)79)62(96-33-18-38-101(86,87)88)60(44-50)94-31-16-36-99(80,81)82/h39-47H,3-38H2,1-2H3,(H,64,73)(H,74,75,76)(H,77,78,79)(H,80,81,82)(H,83,84,85)(H,86,87,88). The summed E-state index contributed by atoms with van der Waals surface area (Å²) in [5.74, 6) is -3.10. The first-order valence-corrected chi connectivity index (χ1v) is 41.3. The zero-order valence-electron chi connectivity index (χ0n) is 56.7. The molecule has 0 aliphatic rings. The molecule has 0 aliphatic heterocycles. The van der Waals surface area contributed by atoms with Gasteiger partial charge in [-0.3, -0.25) is 46.5 Å². The molecule has 0 radical (unpaired) electrons. The minimum Gasteiger partial charge on any atom is -0.493 e. The lowest BCUT2D eigenvalue weighted by atomic mass is 10.0. The van der Waals surface area contributed by atoms with E-state index in [1.54, 1.807) is 33.8 Å². The van der Waals surface area contributed by atoms with Crippen LogP contribution in [0.3, 0.4) is 0 Å². The van der Waals surface area contributed by atoms with Crippen molar-refractivity contribution in [2.45, 2.75) is 155 Å². The molecule has 0 spiro atoms. The zero-order valence-corrected chi connectivity index (χ0v) is 60.8. The van der Waals surface area contributed by atoms with Crippen molar-refractivity contribution in [3.8, 4) is 46.0 Å². The Morgan fingerprint density at radius 2 is 0.733 bits per heavy atom. The molecule has 5 rings (SSSR count). The Bertz CT molecular complexity index is 3960. The number of aromatic nitrogens is 6. The maximum atomic E-state index is 13.6. The van der Waals surface area contributed by atoms with Crippen LogP contribution in [0, 0.1) is 0 Å². The van der Waals surface area contributed by atoms with E-state index in [0.717, 1.165) is 37.1 Å². The molecule has 33 nitrogen and oxygen atoms in total. The second kappa shape index (κ2) is 43.0. The number of hydrogen-bond acceptors (Lipinski definition) is 25. The van der Waals surface area contributed by atoms with Crippen molar-refractivity contribution < 1.29 is 117 Å². The highest BCUT2D eigenvalue weighted by atomic mass is 32.2. The highest BCUT2D eigenvalue weighted by Crippen LogP contribution is 2.41. The number of rotatable bonds is 56. The number of unbranched alkanes of at least 4 members (excludes halogenated alkanes) is 5. The SMILES string of the molecule is CCCCOc1cc(C(=O)CCCCn2cc(CCCCOc3cc(OCCCCc4cn(CCCNC(=O)c5cc(OCCCS(=O)(=O)O)c(OCCCS(=O)(=O)O)c(OCCCS(=O)(=O)O)c5)nn4)cc(C(=O)CCCC)c3)nn2)cc(OCCCS(=O)(=O)O)c1OCCCS(=O)(=O)O. The van der Waals surface area contributed by atoms with Gasteiger partial charge < -0.3 is 43.2 Å². The first kappa shape index (κ1) is 84.4. The van der Waals surface area contributed by atoms with Crippen LogP contribution in [0.2, 0.25) is 0 Å². The predicted molar refractivity (Wildman–Crippen MR) is 368 cm³/mol. The average Bonchev–Trinajstić information content (AvgIpc) is 1.46. The second-order valence-electron chi connectivity index (χ2n) is 23.5. The van der Waals surface area contributed by atoms with Crippen LogP contribution in [-0.4, -0.2) is 200 Å². The molecule has 0 saturated carbocycles. The number of nitrogens with zero attached hydrogens (tertiary/aromatic N) is 6. The van der Waals surface area contributed by atoms with Gasteiger partial charge in [0.05, 0.1) is 93.0 Å². The van der Waals surface area contributed by atoms with Crippen molar-refractivity contribution in [2.75, 3.05) is 88.2 Å². The predicted octanol–water partition coefficient (Wildman–Crippen LogP) is 7.38. The number of benzene rings is 3.